The van der Waals surface area contributed by atoms with Crippen molar-refractivity contribution < 1.29 is 24.2 Å². The maximum Gasteiger partial charge on any atom is 0.317 e. The van der Waals surface area contributed by atoms with Crippen molar-refractivity contribution in [3.05, 3.63) is 0 Å². The third-order valence-corrected chi connectivity index (χ3v) is 2.90. The van der Waals surface area contributed by atoms with Crippen LogP contribution in [-0.2, 0) is 14.3 Å². The summed E-state index contributed by atoms with van der Waals surface area (Å²) in [6.45, 7) is 4.10. The van der Waals surface area contributed by atoms with Gasteiger partial charge in [0, 0.05) is 40.5 Å². The van der Waals surface area contributed by atoms with Crippen LogP contribution in [0.1, 0.15) is 19.8 Å². The van der Waals surface area contributed by atoms with Gasteiger partial charge in [-0.25, -0.2) is 4.79 Å². The molecule has 1 unspecified atom stereocenters. The van der Waals surface area contributed by atoms with Gasteiger partial charge in [0.25, 0.3) is 0 Å². The maximum atomic E-state index is 12.0. The second kappa shape index (κ2) is 11.5. The minimum atomic E-state index is -0.851. The topological polar surface area (TPSA) is 88.1 Å². The molecule has 0 heterocycles. The van der Waals surface area contributed by atoms with Gasteiger partial charge in [0.05, 0.1) is 12.5 Å². The fourth-order valence-electron chi connectivity index (χ4n) is 1.55. The predicted molar refractivity (Wildman–Crippen MR) is 74.8 cm³/mol. The van der Waals surface area contributed by atoms with E-state index in [0.29, 0.717) is 39.3 Å². The molecular formula is C13H26N2O5. The molecule has 20 heavy (non-hydrogen) atoms. The second-order valence-electron chi connectivity index (χ2n) is 4.59. The number of rotatable bonds is 11. The summed E-state index contributed by atoms with van der Waals surface area (Å²) in [6, 6.07) is -0.198. The van der Waals surface area contributed by atoms with E-state index in [1.807, 2.05) is 0 Å². The van der Waals surface area contributed by atoms with E-state index in [1.165, 1.54) is 0 Å². The van der Waals surface area contributed by atoms with Crippen LogP contribution in [-0.4, -0.2) is 69.1 Å². The Balaban J connectivity index is 4.07. The lowest BCUT2D eigenvalue weighted by atomic mass is 10.1. The van der Waals surface area contributed by atoms with Crippen LogP contribution in [0.4, 0.5) is 4.79 Å². The number of amides is 2. The third kappa shape index (κ3) is 8.71. The number of urea groups is 1. The third-order valence-electron chi connectivity index (χ3n) is 2.90. The molecule has 7 heteroatoms. The Bertz CT molecular complexity index is 286. The first kappa shape index (κ1) is 18.7. The lowest BCUT2D eigenvalue weighted by Gasteiger charge is -2.23. The Morgan fingerprint density at radius 1 is 1.20 bits per heavy atom. The van der Waals surface area contributed by atoms with Crippen molar-refractivity contribution in [2.45, 2.75) is 19.8 Å². The number of hydrogen-bond donors (Lipinski definition) is 2. The van der Waals surface area contributed by atoms with Crippen molar-refractivity contribution in [2.75, 3.05) is 47.1 Å². The Morgan fingerprint density at radius 2 is 1.85 bits per heavy atom. The maximum absolute atomic E-state index is 12.0. The number of carboxylic acid groups (broad SMARTS) is 1. The van der Waals surface area contributed by atoms with Crippen molar-refractivity contribution in [1.29, 1.82) is 0 Å². The zero-order valence-electron chi connectivity index (χ0n) is 12.6. The molecule has 0 aliphatic heterocycles. The van der Waals surface area contributed by atoms with Crippen molar-refractivity contribution in [2.24, 2.45) is 5.92 Å². The Kier molecular flexibility index (Phi) is 10.7. The molecule has 0 aliphatic carbocycles. The molecule has 0 radical (unpaired) electrons. The zero-order chi connectivity index (χ0) is 15.4. The molecule has 0 spiro atoms. The molecule has 1 atom stereocenters. The summed E-state index contributed by atoms with van der Waals surface area (Å²) < 4.78 is 9.93. The number of carbonyl (C=O) groups is 2. The second-order valence-corrected chi connectivity index (χ2v) is 4.59. The summed E-state index contributed by atoms with van der Waals surface area (Å²) in [5.41, 5.74) is 0. The summed E-state index contributed by atoms with van der Waals surface area (Å²) in [5, 5.41) is 11.5. The van der Waals surface area contributed by atoms with Crippen LogP contribution in [0, 0.1) is 5.92 Å². The minimum Gasteiger partial charge on any atom is -0.481 e. The number of nitrogens with zero attached hydrogens (tertiary/aromatic N) is 1. The molecule has 0 aliphatic rings. The van der Waals surface area contributed by atoms with Gasteiger partial charge in [-0.05, 0) is 12.8 Å². The summed E-state index contributed by atoms with van der Waals surface area (Å²) >= 11 is 0. The van der Waals surface area contributed by atoms with Gasteiger partial charge in [-0.1, -0.05) is 6.92 Å². The van der Waals surface area contributed by atoms with E-state index in [4.69, 9.17) is 14.6 Å². The van der Waals surface area contributed by atoms with Gasteiger partial charge in [-0.15, -0.1) is 0 Å². The highest BCUT2D eigenvalue weighted by Crippen LogP contribution is 2.00. The molecule has 7 nitrogen and oxygen atoms in total. The number of aliphatic carboxylic acids is 1. The van der Waals surface area contributed by atoms with Crippen molar-refractivity contribution in [3.63, 3.8) is 0 Å². The molecular weight excluding hydrogens is 264 g/mol. The van der Waals surface area contributed by atoms with E-state index < -0.39 is 11.9 Å². The summed E-state index contributed by atoms with van der Waals surface area (Å²) in [4.78, 5) is 24.3. The van der Waals surface area contributed by atoms with Crippen LogP contribution in [0.15, 0.2) is 0 Å². The van der Waals surface area contributed by atoms with Crippen LogP contribution in [0.5, 0.6) is 0 Å². The highest BCUT2D eigenvalue weighted by Gasteiger charge is 2.14. The lowest BCUT2D eigenvalue weighted by molar-refractivity contribution is -0.141. The molecule has 0 aromatic rings. The van der Waals surface area contributed by atoms with Gasteiger partial charge in [-0.3, -0.25) is 4.79 Å². The average molecular weight is 290 g/mol. The van der Waals surface area contributed by atoms with Crippen molar-refractivity contribution in [1.82, 2.24) is 10.2 Å². The molecule has 2 N–H and O–H groups in total. The number of hydrogen-bond acceptors (Lipinski definition) is 4. The smallest absolute Gasteiger partial charge is 0.317 e. The van der Waals surface area contributed by atoms with Crippen LogP contribution in [0.25, 0.3) is 0 Å². The molecule has 0 aromatic carbocycles. The van der Waals surface area contributed by atoms with E-state index in [9.17, 15) is 9.59 Å². The van der Waals surface area contributed by atoms with E-state index in [0.717, 1.165) is 6.42 Å². The summed E-state index contributed by atoms with van der Waals surface area (Å²) in [5.74, 6) is -1.31. The summed E-state index contributed by atoms with van der Waals surface area (Å²) in [6.07, 6.45) is 1.16. The Labute approximate surface area is 120 Å². The molecule has 118 valence electrons. The van der Waals surface area contributed by atoms with Gasteiger partial charge in [0.2, 0.25) is 0 Å². The molecule has 0 rings (SSSR count). The first-order valence-electron chi connectivity index (χ1n) is 6.76. The largest absolute Gasteiger partial charge is 0.481 e. The number of ether oxygens (including phenoxy) is 2. The van der Waals surface area contributed by atoms with Crippen molar-refractivity contribution in [3.8, 4) is 0 Å². The minimum absolute atomic E-state index is 0.198. The molecule has 2 amide bonds. The Morgan fingerprint density at radius 3 is 2.40 bits per heavy atom. The van der Waals surface area contributed by atoms with Crippen molar-refractivity contribution >= 4 is 12.0 Å². The SMILES string of the molecule is COCCCN(CCOC)C(=O)NCCC(C)C(=O)O. The number of nitrogens with one attached hydrogen (secondary N) is 1. The molecule has 0 fully saturated rings. The van der Waals surface area contributed by atoms with E-state index >= 15 is 0 Å². The number of carboxylic acids is 1. The van der Waals surface area contributed by atoms with E-state index in [2.05, 4.69) is 5.32 Å². The molecule has 0 saturated carbocycles. The van der Waals surface area contributed by atoms with E-state index in [-0.39, 0.29) is 6.03 Å². The molecule has 0 saturated heterocycles. The van der Waals surface area contributed by atoms with Gasteiger partial charge >= 0.3 is 12.0 Å². The molecule has 0 aromatic heterocycles. The van der Waals surface area contributed by atoms with Crippen LogP contribution >= 0.6 is 0 Å². The fraction of sp³-hybridized carbons (Fsp3) is 0.846. The van der Waals surface area contributed by atoms with Gasteiger partial charge in [-0.2, -0.15) is 0 Å². The van der Waals surface area contributed by atoms with Crippen LogP contribution in [0.3, 0.4) is 0 Å². The summed E-state index contributed by atoms with van der Waals surface area (Å²) in [7, 11) is 3.20. The normalized spacial score (nSPS) is 11.9. The monoisotopic (exact) mass is 290 g/mol. The average Bonchev–Trinajstić information content (AvgIpc) is 2.42. The van der Waals surface area contributed by atoms with Crippen LogP contribution in [0.2, 0.25) is 0 Å². The highest BCUT2D eigenvalue weighted by molar-refractivity contribution is 5.74. The quantitative estimate of drug-likeness (QED) is 0.549. The van der Waals surface area contributed by atoms with E-state index in [1.54, 1.807) is 26.0 Å². The lowest BCUT2D eigenvalue weighted by Crippen LogP contribution is -2.43. The molecule has 0 bridgehead atoms. The predicted octanol–water partition coefficient (Wildman–Crippen LogP) is 0.792. The standard InChI is InChI=1S/C13H26N2O5/c1-11(12(16)17)5-6-14-13(18)15(8-10-20-3)7-4-9-19-2/h11H,4-10H2,1-3H3,(H,14,18)(H,16,17). The zero-order valence-corrected chi connectivity index (χ0v) is 12.6. The first-order valence-corrected chi connectivity index (χ1v) is 6.76. The fourth-order valence-corrected chi connectivity index (χ4v) is 1.55. The number of carbonyl (C=O) groups excluding carboxylic acids is 1. The Hall–Kier alpha value is -1.34. The highest BCUT2D eigenvalue weighted by atomic mass is 16.5. The van der Waals surface area contributed by atoms with Crippen LogP contribution < -0.4 is 5.32 Å². The first-order chi connectivity index (χ1) is 9.52. The van der Waals surface area contributed by atoms with Gasteiger partial charge in [0.1, 0.15) is 0 Å². The van der Waals surface area contributed by atoms with Gasteiger partial charge in [0.15, 0.2) is 0 Å². The van der Waals surface area contributed by atoms with Gasteiger partial charge < -0.3 is 24.8 Å². The number of methoxy groups -OCH3 is 2.